The summed E-state index contributed by atoms with van der Waals surface area (Å²) in [6, 6.07) is 8.44. The average molecular weight is 534 g/mol. The summed E-state index contributed by atoms with van der Waals surface area (Å²) in [6.45, 7) is 12.7. The Labute approximate surface area is 217 Å². The van der Waals surface area contributed by atoms with Gasteiger partial charge in [-0.2, -0.15) is 14.5 Å². The first-order valence-corrected chi connectivity index (χ1v) is 13.6. The van der Waals surface area contributed by atoms with E-state index < -0.39 is 38.3 Å². The standard InChI is InChI=1S/C28H34F3N3O2S/c1-7-34(37(35,36)21-13-11-20(29)12-14-21)18-28(5)16-15-22(27(28,3)4)19(2)17-25(33-32-6)26-23(30)9-8-10-24(26)31/h8-14,17,22H,2,7,15-16,18H2,1,3-6H3/b25-17-,33-32-. The van der Waals surface area contributed by atoms with Crippen LogP contribution in [-0.2, 0) is 10.0 Å². The van der Waals surface area contributed by atoms with Gasteiger partial charge in [0, 0.05) is 20.1 Å². The predicted molar refractivity (Wildman–Crippen MR) is 140 cm³/mol. The Kier molecular flexibility index (Phi) is 8.49. The van der Waals surface area contributed by atoms with Crippen LogP contribution in [0.15, 0.2) is 75.8 Å². The first kappa shape index (κ1) is 28.8. The third-order valence-corrected chi connectivity index (χ3v) is 9.87. The Balaban J connectivity index is 1.92. The van der Waals surface area contributed by atoms with Gasteiger partial charge in [-0.3, -0.25) is 0 Å². The van der Waals surface area contributed by atoms with Crippen molar-refractivity contribution >= 4 is 15.7 Å². The first-order chi connectivity index (χ1) is 17.3. The minimum absolute atomic E-state index is 0.0422. The van der Waals surface area contributed by atoms with Crippen molar-refractivity contribution in [1.82, 2.24) is 4.31 Å². The second kappa shape index (κ2) is 10.9. The smallest absolute Gasteiger partial charge is 0.207 e. The lowest BCUT2D eigenvalue weighted by Gasteiger charge is -2.44. The van der Waals surface area contributed by atoms with Crippen LogP contribution in [0.5, 0.6) is 0 Å². The van der Waals surface area contributed by atoms with Crippen LogP contribution in [0.4, 0.5) is 13.2 Å². The van der Waals surface area contributed by atoms with Crippen molar-refractivity contribution in [1.29, 1.82) is 0 Å². The Bertz CT molecular complexity index is 1300. The molecular weight excluding hydrogens is 499 g/mol. The molecule has 0 N–H and O–H groups in total. The van der Waals surface area contributed by atoms with Gasteiger partial charge in [-0.1, -0.05) is 40.3 Å². The molecule has 1 aliphatic rings. The predicted octanol–water partition coefficient (Wildman–Crippen LogP) is 7.24. The summed E-state index contributed by atoms with van der Waals surface area (Å²) in [5.74, 6) is -2.09. The number of allylic oxidation sites excluding steroid dienone is 2. The van der Waals surface area contributed by atoms with Crippen molar-refractivity contribution in [3.8, 4) is 0 Å². The van der Waals surface area contributed by atoms with Crippen molar-refractivity contribution in [3.63, 3.8) is 0 Å². The van der Waals surface area contributed by atoms with Crippen LogP contribution in [0.2, 0.25) is 0 Å². The summed E-state index contributed by atoms with van der Waals surface area (Å²) in [5.41, 5.74) is -0.443. The Morgan fingerprint density at radius 3 is 2.24 bits per heavy atom. The summed E-state index contributed by atoms with van der Waals surface area (Å²) < 4.78 is 70.5. The maximum Gasteiger partial charge on any atom is 0.243 e. The third kappa shape index (κ3) is 5.57. The highest BCUT2D eigenvalue weighted by Gasteiger charge is 2.53. The molecule has 0 aromatic heterocycles. The first-order valence-electron chi connectivity index (χ1n) is 12.2. The highest BCUT2D eigenvalue weighted by Crippen LogP contribution is 2.58. The Morgan fingerprint density at radius 2 is 1.70 bits per heavy atom. The van der Waals surface area contributed by atoms with Crippen molar-refractivity contribution in [2.24, 2.45) is 27.0 Å². The van der Waals surface area contributed by atoms with E-state index in [1.807, 2.05) is 0 Å². The summed E-state index contributed by atoms with van der Waals surface area (Å²) in [6.07, 6.45) is 2.99. The summed E-state index contributed by atoms with van der Waals surface area (Å²) >= 11 is 0. The molecule has 200 valence electrons. The molecular formula is C28H34F3N3O2S. The zero-order valence-corrected chi connectivity index (χ0v) is 22.7. The molecule has 3 rings (SSSR count). The van der Waals surface area contributed by atoms with Crippen LogP contribution < -0.4 is 0 Å². The fourth-order valence-corrected chi connectivity index (χ4v) is 6.86. The third-order valence-electron chi connectivity index (χ3n) is 7.94. The largest absolute Gasteiger partial charge is 0.243 e. The fraction of sp³-hybridized carbons (Fsp3) is 0.429. The molecule has 0 heterocycles. The normalized spacial score (nSPS) is 22.2. The molecule has 0 bridgehead atoms. The zero-order chi connectivity index (χ0) is 27.6. The molecule has 2 atom stereocenters. The molecule has 0 saturated heterocycles. The molecule has 0 aliphatic heterocycles. The van der Waals surface area contributed by atoms with E-state index in [2.05, 4.69) is 37.6 Å². The summed E-state index contributed by atoms with van der Waals surface area (Å²) in [4.78, 5) is 0.0422. The van der Waals surface area contributed by atoms with Crippen LogP contribution in [0.3, 0.4) is 0 Å². The van der Waals surface area contributed by atoms with Gasteiger partial charge in [0.05, 0.1) is 16.2 Å². The van der Waals surface area contributed by atoms with Gasteiger partial charge in [-0.05, 0) is 77.6 Å². The van der Waals surface area contributed by atoms with Gasteiger partial charge in [-0.15, -0.1) is 0 Å². The van der Waals surface area contributed by atoms with Crippen LogP contribution in [-0.4, -0.2) is 32.9 Å². The Hall–Kier alpha value is -2.78. The topological polar surface area (TPSA) is 62.1 Å². The van der Waals surface area contributed by atoms with Gasteiger partial charge in [0.15, 0.2) is 0 Å². The molecule has 9 heteroatoms. The molecule has 5 nitrogen and oxygen atoms in total. The number of nitrogens with zero attached hydrogens (tertiary/aromatic N) is 3. The summed E-state index contributed by atoms with van der Waals surface area (Å²) in [5, 5.41) is 7.71. The van der Waals surface area contributed by atoms with Gasteiger partial charge in [0.1, 0.15) is 17.5 Å². The molecule has 1 fully saturated rings. The molecule has 37 heavy (non-hydrogen) atoms. The van der Waals surface area contributed by atoms with E-state index in [0.29, 0.717) is 18.4 Å². The van der Waals surface area contributed by atoms with Gasteiger partial charge >= 0.3 is 0 Å². The van der Waals surface area contributed by atoms with Crippen molar-refractivity contribution in [3.05, 3.63) is 83.7 Å². The molecule has 2 aromatic carbocycles. The SMILES string of the molecule is C=C(/C=C(\N=N/C)c1c(F)cccc1F)C1CCC(C)(CN(CC)S(=O)(=O)c2ccc(F)cc2)C1(C)C. The highest BCUT2D eigenvalue weighted by molar-refractivity contribution is 7.89. The maximum absolute atomic E-state index is 14.5. The van der Waals surface area contributed by atoms with E-state index >= 15 is 0 Å². The van der Waals surface area contributed by atoms with Gasteiger partial charge in [0.25, 0.3) is 0 Å². The summed E-state index contributed by atoms with van der Waals surface area (Å²) in [7, 11) is -2.41. The van der Waals surface area contributed by atoms with E-state index in [9.17, 15) is 21.6 Å². The lowest BCUT2D eigenvalue weighted by Crippen LogP contribution is -2.46. The van der Waals surface area contributed by atoms with Gasteiger partial charge in [0.2, 0.25) is 10.0 Å². The minimum Gasteiger partial charge on any atom is -0.207 e. The van der Waals surface area contributed by atoms with Gasteiger partial charge < -0.3 is 0 Å². The number of sulfonamides is 1. The highest BCUT2D eigenvalue weighted by atomic mass is 32.2. The van der Waals surface area contributed by atoms with Crippen LogP contribution in [0.1, 0.15) is 46.1 Å². The number of azo groups is 1. The number of halogens is 3. The van der Waals surface area contributed by atoms with Crippen molar-refractivity contribution < 1.29 is 21.6 Å². The maximum atomic E-state index is 14.5. The van der Waals surface area contributed by atoms with Crippen LogP contribution in [0.25, 0.3) is 5.70 Å². The zero-order valence-electron chi connectivity index (χ0n) is 21.9. The van der Waals surface area contributed by atoms with E-state index in [4.69, 9.17) is 0 Å². The van der Waals surface area contributed by atoms with Crippen LogP contribution in [0, 0.1) is 34.2 Å². The number of benzene rings is 2. The van der Waals surface area contributed by atoms with E-state index in [1.165, 1.54) is 29.6 Å². The monoisotopic (exact) mass is 533 g/mol. The molecule has 1 aliphatic carbocycles. The average Bonchev–Trinajstić information content (AvgIpc) is 3.06. The lowest BCUT2D eigenvalue weighted by molar-refractivity contribution is 0.0803. The lowest BCUT2D eigenvalue weighted by atomic mass is 9.64. The quantitative estimate of drug-likeness (QED) is 0.252. The second-order valence-electron chi connectivity index (χ2n) is 10.3. The Morgan fingerprint density at radius 1 is 1.11 bits per heavy atom. The molecule has 0 spiro atoms. The number of hydrogen-bond donors (Lipinski definition) is 0. The molecule has 1 saturated carbocycles. The number of rotatable bonds is 9. The molecule has 0 radical (unpaired) electrons. The van der Waals surface area contributed by atoms with Gasteiger partial charge in [-0.25, -0.2) is 21.6 Å². The fourth-order valence-electron chi connectivity index (χ4n) is 5.29. The molecule has 2 unspecified atom stereocenters. The van der Waals surface area contributed by atoms with E-state index in [1.54, 1.807) is 13.0 Å². The van der Waals surface area contributed by atoms with E-state index in [0.717, 1.165) is 24.3 Å². The minimum atomic E-state index is -3.83. The molecule has 2 aromatic rings. The van der Waals surface area contributed by atoms with E-state index in [-0.39, 0.29) is 35.2 Å². The van der Waals surface area contributed by atoms with Crippen molar-refractivity contribution in [2.75, 3.05) is 20.1 Å². The van der Waals surface area contributed by atoms with Crippen molar-refractivity contribution in [2.45, 2.75) is 45.4 Å². The second-order valence-corrected chi connectivity index (χ2v) is 12.2. The molecule has 0 amide bonds. The van der Waals surface area contributed by atoms with Crippen LogP contribution >= 0.6 is 0 Å². The number of hydrogen-bond acceptors (Lipinski definition) is 4.